The van der Waals surface area contributed by atoms with Crippen molar-refractivity contribution < 1.29 is 19.1 Å². The Balaban J connectivity index is 2.20. The molecule has 0 aliphatic heterocycles. The molecule has 0 aliphatic rings. The first-order chi connectivity index (χ1) is 8.97. The lowest BCUT2D eigenvalue weighted by molar-refractivity contribution is 0.0702. The van der Waals surface area contributed by atoms with Gasteiger partial charge in [-0.05, 0) is 30.3 Å². The van der Waals surface area contributed by atoms with Gasteiger partial charge in [0.25, 0.3) is 5.91 Å². The van der Waals surface area contributed by atoms with Gasteiger partial charge >= 0.3 is 5.97 Å². The van der Waals surface area contributed by atoms with Crippen LogP contribution in [-0.4, -0.2) is 17.0 Å². The number of benzene rings is 1. The van der Waals surface area contributed by atoms with Gasteiger partial charge in [-0.1, -0.05) is 11.6 Å². The molecule has 7 heteroatoms. The average molecular weight is 300 g/mol. The van der Waals surface area contributed by atoms with Gasteiger partial charge in [0.1, 0.15) is 10.7 Å². The Labute approximate surface area is 116 Å². The molecule has 2 N–H and O–H groups in total. The minimum atomic E-state index is -1.08. The number of nitrogens with one attached hydrogen (secondary N) is 1. The molecule has 0 fully saturated rings. The van der Waals surface area contributed by atoms with E-state index in [4.69, 9.17) is 16.7 Å². The van der Waals surface area contributed by atoms with Gasteiger partial charge in [-0.3, -0.25) is 4.79 Å². The molecule has 4 nitrogen and oxygen atoms in total. The summed E-state index contributed by atoms with van der Waals surface area (Å²) in [5.41, 5.74) is -0.197. The number of carbonyl (C=O) groups is 2. The first-order valence-electron chi connectivity index (χ1n) is 5.07. The van der Waals surface area contributed by atoms with Crippen molar-refractivity contribution in [2.75, 3.05) is 5.32 Å². The highest BCUT2D eigenvalue weighted by molar-refractivity contribution is 7.18. The van der Waals surface area contributed by atoms with Crippen molar-refractivity contribution in [3.63, 3.8) is 0 Å². The van der Waals surface area contributed by atoms with Gasteiger partial charge < -0.3 is 10.4 Å². The third kappa shape index (κ3) is 3.10. The number of halogens is 2. The highest BCUT2D eigenvalue weighted by atomic mass is 35.5. The molecule has 0 spiro atoms. The number of hydrogen-bond donors (Lipinski definition) is 2. The minimum Gasteiger partial charge on any atom is -0.477 e. The van der Waals surface area contributed by atoms with Crippen molar-refractivity contribution in [1.29, 1.82) is 0 Å². The quantitative estimate of drug-likeness (QED) is 0.911. The van der Waals surface area contributed by atoms with Crippen LogP contribution in [0, 0.1) is 5.82 Å². The second-order valence-corrected chi connectivity index (χ2v) is 5.07. The number of amides is 1. The Kier molecular flexibility index (Phi) is 3.82. The van der Waals surface area contributed by atoms with E-state index in [1.54, 1.807) is 0 Å². The van der Waals surface area contributed by atoms with Gasteiger partial charge in [0.05, 0.1) is 10.6 Å². The Bertz CT molecular complexity index is 656. The summed E-state index contributed by atoms with van der Waals surface area (Å²) in [6.07, 6.45) is 0. The number of carboxylic acid groups (broad SMARTS) is 1. The standard InChI is InChI=1S/C12H7ClFNO3S/c13-6-1-2-8(14)7(5-6)11(16)15-10-4-3-9(19-10)12(17)18/h1-5H,(H,15,16)(H,17,18). The number of aromatic carboxylic acids is 1. The maximum atomic E-state index is 13.4. The lowest BCUT2D eigenvalue weighted by atomic mass is 10.2. The van der Waals surface area contributed by atoms with Gasteiger partial charge in [0.15, 0.2) is 0 Å². The van der Waals surface area contributed by atoms with Crippen LogP contribution in [0.15, 0.2) is 30.3 Å². The molecule has 0 atom stereocenters. The number of rotatable bonds is 3. The molecule has 2 rings (SSSR count). The summed E-state index contributed by atoms with van der Waals surface area (Å²) in [4.78, 5) is 22.6. The fraction of sp³-hybridized carbons (Fsp3) is 0. The summed E-state index contributed by atoms with van der Waals surface area (Å²) >= 11 is 6.57. The minimum absolute atomic E-state index is 0.0851. The predicted octanol–water partition coefficient (Wildman–Crippen LogP) is 3.49. The van der Waals surface area contributed by atoms with Crippen LogP contribution in [0.2, 0.25) is 5.02 Å². The first kappa shape index (κ1) is 13.5. The number of thiophene rings is 1. The zero-order valence-electron chi connectivity index (χ0n) is 9.31. The van der Waals surface area contributed by atoms with Crippen LogP contribution in [0.5, 0.6) is 0 Å². The van der Waals surface area contributed by atoms with Crippen molar-refractivity contribution in [3.05, 3.63) is 51.6 Å². The van der Waals surface area contributed by atoms with Crippen molar-refractivity contribution in [3.8, 4) is 0 Å². The SMILES string of the molecule is O=C(O)c1ccc(NC(=O)c2cc(Cl)ccc2F)s1. The summed E-state index contributed by atoms with van der Waals surface area (Å²) in [6, 6.07) is 6.43. The summed E-state index contributed by atoms with van der Waals surface area (Å²) in [6.45, 7) is 0. The fourth-order valence-corrected chi connectivity index (χ4v) is 2.28. The molecule has 98 valence electrons. The lowest BCUT2D eigenvalue weighted by Gasteiger charge is -2.04. The second kappa shape index (κ2) is 5.38. The van der Waals surface area contributed by atoms with Crippen molar-refractivity contribution in [1.82, 2.24) is 0 Å². The summed E-state index contributed by atoms with van der Waals surface area (Å²) in [5, 5.41) is 11.7. The van der Waals surface area contributed by atoms with E-state index in [0.29, 0.717) is 5.00 Å². The van der Waals surface area contributed by atoms with E-state index < -0.39 is 17.7 Å². The van der Waals surface area contributed by atoms with Gasteiger partial charge in [0.2, 0.25) is 0 Å². The zero-order chi connectivity index (χ0) is 14.0. The van der Waals surface area contributed by atoms with E-state index in [2.05, 4.69) is 5.32 Å². The summed E-state index contributed by atoms with van der Waals surface area (Å²) < 4.78 is 13.4. The number of hydrogen-bond acceptors (Lipinski definition) is 3. The summed E-state index contributed by atoms with van der Waals surface area (Å²) in [5.74, 6) is -2.46. The lowest BCUT2D eigenvalue weighted by Crippen LogP contribution is -2.12. The van der Waals surface area contributed by atoms with E-state index >= 15 is 0 Å². The molecular weight excluding hydrogens is 293 g/mol. The van der Waals surface area contributed by atoms with Gasteiger partial charge in [-0.2, -0.15) is 0 Å². The summed E-state index contributed by atoms with van der Waals surface area (Å²) in [7, 11) is 0. The Morgan fingerprint density at radius 3 is 2.63 bits per heavy atom. The molecule has 0 radical (unpaired) electrons. The van der Waals surface area contributed by atoms with Crippen LogP contribution >= 0.6 is 22.9 Å². The molecule has 0 saturated heterocycles. The largest absolute Gasteiger partial charge is 0.477 e. The van der Waals surface area contributed by atoms with Crippen LogP contribution in [0.3, 0.4) is 0 Å². The Morgan fingerprint density at radius 1 is 1.26 bits per heavy atom. The predicted molar refractivity (Wildman–Crippen MR) is 70.6 cm³/mol. The number of anilines is 1. The van der Waals surface area contributed by atoms with E-state index in [9.17, 15) is 14.0 Å². The van der Waals surface area contributed by atoms with Crippen molar-refractivity contribution in [2.45, 2.75) is 0 Å². The van der Waals surface area contributed by atoms with Gasteiger partial charge in [0, 0.05) is 5.02 Å². The van der Waals surface area contributed by atoms with Crippen LogP contribution < -0.4 is 5.32 Å². The first-order valence-corrected chi connectivity index (χ1v) is 6.26. The molecule has 2 aromatic rings. The fourth-order valence-electron chi connectivity index (χ4n) is 1.37. The van der Waals surface area contributed by atoms with Crippen LogP contribution in [0.25, 0.3) is 0 Å². The van der Waals surface area contributed by atoms with Crippen molar-refractivity contribution in [2.24, 2.45) is 0 Å². The topological polar surface area (TPSA) is 66.4 Å². The molecule has 1 heterocycles. The van der Waals surface area contributed by atoms with Crippen LogP contribution in [-0.2, 0) is 0 Å². The smallest absolute Gasteiger partial charge is 0.345 e. The zero-order valence-corrected chi connectivity index (χ0v) is 10.9. The molecule has 1 aromatic heterocycles. The maximum absolute atomic E-state index is 13.4. The highest BCUT2D eigenvalue weighted by Gasteiger charge is 2.14. The van der Waals surface area contributed by atoms with Crippen LogP contribution in [0.4, 0.5) is 9.39 Å². The molecular formula is C12H7ClFNO3S. The van der Waals surface area contributed by atoms with Crippen LogP contribution in [0.1, 0.15) is 20.0 Å². The maximum Gasteiger partial charge on any atom is 0.345 e. The normalized spacial score (nSPS) is 10.2. The number of carboxylic acids is 1. The molecule has 0 unspecified atom stereocenters. The number of carbonyl (C=O) groups excluding carboxylic acids is 1. The Hall–Kier alpha value is -1.92. The van der Waals surface area contributed by atoms with Gasteiger partial charge in [-0.25, -0.2) is 9.18 Å². The monoisotopic (exact) mass is 299 g/mol. The molecule has 1 amide bonds. The van der Waals surface area contributed by atoms with E-state index in [0.717, 1.165) is 17.4 Å². The van der Waals surface area contributed by atoms with E-state index in [-0.39, 0.29) is 15.5 Å². The molecule has 19 heavy (non-hydrogen) atoms. The molecule has 0 saturated carbocycles. The van der Waals surface area contributed by atoms with E-state index in [1.165, 1.54) is 24.3 Å². The van der Waals surface area contributed by atoms with Gasteiger partial charge in [-0.15, -0.1) is 11.3 Å². The molecule has 1 aromatic carbocycles. The van der Waals surface area contributed by atoms with E-state index in [1.807, 2.05) is 0 Å². The molecule has 0 aliphatic carbocycles. The Morgan fingerprint density at radius 2 is 2.00 bits per heavy atom. The third-order valence-corrected chi connectivity index (χ3v) is 3.45. The third-order valence-electron chi connectivity index (χ3n) is 2.23. The second-order valence-electron chi connectivity index (χ2n) is 3.55. The highest BCUT2D eigenvalue weighted by Crippen LogP contribution is 2.23. The average Bonchev–Trinajstić information content (AvgIpc) is 2.80. The molecule has 0 bridgehead atoms. The van der Waals surface area contributed by atoms with Crippen molar-refractivity contribution >= 4 is 39.8 Å².